The molecule has 1 amide bonds. The Hall–Kier alpha value is -1.55. The van der Waals surface area contributed by atoms with Gasteiger partial charge in [0, 0.05) is 17.1 Å². The Labute approximate surface area is 110 Å². The molecule has 0 spiro atoms. The second-order valence-corrected chi connectivity index (χ2v) is 4.79. The number of benzene rings is 1. The molecular weight excluding hydrogens is 254 g/mol. The maximum atomic E-state index is 12.2. The van der Waals surface area contributed by atoms with Gasteiger partial charge in [-0.2, -0.15) is 0 Å². The molecule has 1 fully saturated rings. The van der Waals surface area contributed by atoms with E-state index in [1.165, 1.54) is 4.90 Å². The van der Waals surface area contributed by atoms with Gasteiger partial charge in [-0.15, -0.1) is 0 Å². The number of piperidine rings is 1. The highest BCUT2D eigenvalue weighted by atomic mass is 35.5. The van der Waals surface area contributed by atoms with Crippen molar-refractivity contribution in [3.63, 3.8) is 0 Å². The third kappa shape index (κ3) is 2.64. The second kappa shape index (κ2) is 5.40. The summed E-state index contributed by atoms with van der Waals surface area (Å²) in [6.07, 6.45) is 2.22. The third-order valence-electron chi connectivity index (χ3n) is 3.14. The Morgan fingerprint density at radius 1 is 1.22 bits per heavy atom. The van der Waals surface area contributed by atoms with Crippen LogP contribution in [0.1, 0.15) is 29.6 Å². The van der Waals surface area contributed by atoms with Crippen LogP contribution in [0.5, 0.6) is 0 Å². The quantitative estimate of drug-likeness (QED) is 0.895. The van der Waals surface area contributed by atoms with E-state index in [0.29, 0.717) is 23.6 Å². The largest absolute Gasteiger partial charge is 0.480 e. The standard InChI is InChI=1S/C13H14ClNO3/c14-10-6-4-9(5-7-10)12(16)15-8-2-1-3-11(15)13(17)18/h4-7,11H,1-3,8H2,(H,17,18)/t11-/m0/s1. The molecule has 1 aromatic carbocycles. The Kier molecular flexibility index (Phi) is 3.87. The lowest BCUT2D eigenvalue weighted by molar-refractivity contribution is -0.143. The Morgan fingerprint density at radius 3 is 2.50 bits per heavy atom. The van der Waals surface area contributed by atoms with Gasteiger partial charge in [0.15, 0.2) is 0 Å². The third-order valence-corrected chi connectivity index (χ3v) is 3.39. The molecule has 1 saturated heterocycles. The summed E-state index contributed by atoms with van der Waals surface area (Å²) in [4.78, 5) is 24.8. The number of amides is 1. The van der Waals surface area contributed by atoms with Crippen molar-refractivity contribution in [1.82, 2.24) is 4.90 Å². The highest BCUT2D eigenvalue weighted by molar-refractivity contribution is 6.30. The van der Waals surface area contributed by atoms with Crippen molar-refractivity contribution in [2.45, 2.75) is 25.3 Å². The van der Waals surface area contributed by atoms with Gasteiger partial charge in [-0.05, 0) is 43.5 Å². The highest BCUT2D eigenvalue weighted by Gasteiger charge is 2.32. The number of aliphatic carboxylic acids is 1. The van der Waals surface area contributed by atoms with Gasteiger partial charge in [0.05, 0.1) is 0 Å². The van der Waals surface area contributed by atoms with Gasteiger partial charge in [-0.1, -0.05) is 11.6 Å². The number of halogens is 1. The lowest BCUT2D eigenvalue weighted by atomic mass is 10.0. The molecule has 0 aromatic heterocycles. The first-order valence-electron chi connectivity index (χ1n) is 5.89. The molecule has 1 aliphatic rings. The van der Waals surface area contributed by atoms with Gasteiger partial charge < -0.3 is 10.0 Å². The van der Waals surface area contributed by atoms with E-state index in [-0.39, 0.29) is 5.91 Å². The number of carbonyl (C=O) groups is 2. The predicted molar refractivity (Wildman–Crippen MR) is 67.8 cm³/mol. The Balaban J connectivity index is 2.20. The maximum absolute atomic E-state index is 12.2. The SMILES string of the molecule is O=C(O)[C@@H]1CCCCN1C(=O)c1ccc(Cl)cc1. The number of carbonyl (C=O) groups excluding carboxylic acids is 1. The van der Waals surface area contributed by atoms with E-state index in [4.69, 9.17) is 16.7 Å². The summed E-state index contributed by atoms with van der Waals surface area (Å²) in [6, 6.07) is 5.81. The van der Waals surface area contributed by atoms with Crippen LogP contribution in [0.4, 0.5) is 0 Å². The van der Waals surface area contributed by atoms with Crippen LogP contribution >= 0.6 is 11.6 Å². The monoisotopic (exact) mass is 267 g/mol. The number of hydrogen-bond donors (Lipinski definition) is 1. The van der Waals surface area contributed by atoms with Crippen molar-refractivity contribution in [3.8, 4) is 0 Å². The second-order valence-electron chi connectivity index (χ2n) is 4.36. The van der Waals surface area contributed by atoms with Gasteiger partial charge in [-0.25, -0.2) is 4.79 Å². The predicted octanol–water partition coefficient (Wildman–Crippen LogP) is 2.42. The summed E-state index contributed by atoms with van der Waals surface area (Å²) < 4.78 is 0. The minimum absolute atomic E-state index is 0.237. The van der Waals surface area contributed by atoms with Gasteiger partial charge >= 0.3 is 5.97 Å². The normalized spacial score (nSPS) is 19.6. The van der Waals surface area contributed by atoms with E-state index < -0.39 is 12.0 Å². The van der Waals surface area contributed by atoms with Crippen LogP contribution in [0.15, 0.2) is 24.3 Å². The fourth-order valence-electron chi connectivity index (χ4n) is 2.19. The van der Waals surface area contributed by atoms with Crippen molar-refractivity contribution < 1.29 is 14.7 Å². The Morgan fingerprint density at radius 2 is 1.89 bits per heavy atom. The first-order valence-corrected chi connectivity index (χ1v) is 6.27. The molecule has 2 rings (SSSR count). The van der Waals surface area contributed by atoms with Crippen molar-refractivity contribution >= 4 is 23.5 Å². The van der Waals surface area contributed by atoms with Crippen molar-refractivity contribution in [2.75, 3.05) is 6.54 Å². The molecule has 96 valence electrons. The highest BCUT2D eigenvalue weighted by Crippen LogP contribution is 2.20. The minimum Gasteiger partial charge on any atom is -0.480 e. The number of hydrogen-bond acceptors (Lipinski definition) is 2. The van der Waals surface area contributed by atoms with E-state index in [2.05, 4.69) is 0 Å². The molecule has 0 saturated carbocycles. The molecule has 18 heavy (non-hydrogen) atoms. The maximum Gasteiger partial charge on any atom is 0.326 e. The lowest BCUT2D eigenvalue weighted by Crippen LogP contribution is -2.47. The zero-order chi connectivity index (χ0) is 13.1. The number of carboxylic acids is 1. The average Bonchev–Trinajstić information content (AvgIpc) is 2.39. The molecule has 4 nitrogen and oxygen atoms in total. The molecule has 1 N–H and O–H groups in total. The first-order chi connectivity index (χ1) is 8.59. The number of nitrogens with zero attached hydrogens (tertiary/aromatic N) is 1. The summed E-state index contributed by atoms with van der Waals surface area (Å²) in [7, 11) is 0. The molecule has 0 radical (unpaired) electrons. The molecular formula is C13H14ClNO3. The molecule has 1 heterocycles. The Bertz CT molecular complexity index is 458. The zero-order valence-corrected chi connectivity index (χ0v) is 10.6. The fourth-order valence-corrected chi connectivity index (χ4v) is 2.32. The lowest BCUT2D eigenvalue weighted by Gasteiger charge is -2.33. The van der Waals surface area contributed by atoms with Gasteiger partial charge in [0.1, 0.15) is 6.04 Å². The van der Waals surface area contributed by atoms with Crippen molar-refractivity contribution in [3.05, 3.63) is 34.9 Å². The number of carboxylic acid groups (broad SMARTS) is 1. The molecule has 0 aliphatic carbocycles. The van der Waals surface area contributed by atoms with E-state index in [1.807, 2.05) is 0 Å². The van der Waals surface area contributed by atoms with E-state index in [9.17, 15) is 9.59 Å². The summed E-state index contributed by atoms with van der Waals surface area (Å²) in [5.74, 6) is -1.17. The molecule has 1 aromatic rings. The minimum atomic E-state index is -0.933. The smallest absolute Gasteiger partial charge is 0.326 e. The van der Waals surface area contributed by atoms with Crippen LogP contribution in [-0.4, -0.2) is 34.5 Å². The van der Waals surface area contributed by atoms with Crippen LogP contribution in [0, 0.1) is 0 Å². The summed E-state index contributed by atoms with van der Waals surface area (Å²) in [5.41, 5.74) is 0.479. The van der Waals surface area contributed by atoms with E-state index >= 15 is 0 Å². The van der Waals surface area contributed by atoms with Crippen molar-refractivity contribution in [1.29, 1.82) is 0 Å². The number of rotatable bonds is 2. The summed E-state index contributed by atoms with van der Waals surface area (Å²) >= 11 is 5.76. The number of likely N-dealkylation sites (tertiary alicyclic amines) is 1. The molecule has 1 atom stereocenters. The molecule has 0 bridgehead atoms. The molecule has 0 unspecified atom stereocenters. The van der Waals surface area contributed by atoms with Gasteiger partial charge in [0.2, 0.25) is 0 Å². The summed E-state index contributed by atoms with van der Waals surface area (Å²) in [6.45, 7) is 0.498. The van der Waals surface area contributed by atoms with Gasteiger partial charge in [0.25, 0.3) is 5.91 Å². The first kappa shape index (κ1) is 12.9. The van der Waals surface area contributed by atoms with Crippen LogP contribution < -0.4 is 0 Å². The van der Waals surface area contributed by atoms with Crippen molar-refractivity contribution in [2.24, 2.45) is 0 Å². The van der Waals surface area contributed by atoms with Crippen LogP contribution in [0.2, 0.25) is 5.02 Å². The average molecular weight is 268 g/mol. The van der Waals surface area contributed by atoms with Crippen LogP contribution in [0.3, 0.4) is 0 Å². The molecule has 1 aliphatic heterocycles. The van der Waals surface area contributed by atoms with Gasteiger partial charge in [-0.3, -0.25) is 4.79 Å². The van der Waals surface area contributed by atoms with E-state index in [0.717, 1.165) is 12.8 Å². The van der Waals surface area contributed by atoms with E-state index in [1.54, 1.807) is 24.3 Å². The topological polar surface area (TPSA) is 57.6 Å². The fraction of sp³-hybridized carbons (Fsp3) is 0.385. The van der Waals surface area contributed by atoms with Crippen LogP contribution in [-0.2, 0) is 4.79 Å². The summed E-state index contributed by atoms with van der Waals surface area (Å²) in [5, 5.41) is 9.69. The zero-order valence-electron chi connectivity index (χ0n) is 9.80. The van der Waals surface area contributed by atoms with Crippen LogP contribution in [0.25, 0.3) is 0 Å². The molecule has 5 heteroatoms.